The van der Waals surface area contributed by atoms with E-state index in [0.717, 1.165) is 11.1 Å². The third kappa shape index (κ3) is 4.72. The molecule has 0 unspecified atom stereocenters. The molecule has 98 valence electrons. The minimum atomic E-state index is -0.530. The highest BCUT2D eigenvalue weighted by Gasteiger charge is 2.16. The van der Waals surface area contributed by atoms with Gasteiger partial charge in [0.1, 0.15) is 12.6 Å². The summed E-state index contributed by atoms with van der Waals surface area (Å²) in [6, 6.07) is 7.17. The average Bonchev–Trinajstić information content (AvgIpc) is 2.35. The third-order valence-electron chi connectivity index (χ3n) is 2.62. The molecule has 1 aromatic carbocycles. The molecule has 0 aliphatic carbocycles. The van der Waals surface area contributed by atoms with Crippen LogP contribution in [0.1, 0.15) is 31.4 Å². The van der Waals surface area contributed by atoms with Crippen molar-refractivity contribution in [1.29, 1.82) is 0 Å². The van der Waals surface area contributed by atoms with E-state index in [1.165, 1.54) is 0 Å². The molecule has 0 bridgehead atoms. The minimum Gasteiger partial charge on any atom is -0.460 e. The predicted molar refractivity (Wildman–Crippen MR) is 73.8 cm³/mol. The van der Waals surface area contributed by atoms with Crippen molar-refractivity contribution in [2.24, 2.45) is 11.7 Å². The van der Waals surface area contributed by atoms with E-state index < -0.39 is 6.04 Å². The zero-order chi connectivity index (χ0) is 13.5. The quantitative estimate of drug-likeness (QED) is 0.786. The zero-order valence-corrected chi connectivity index (χ0v) is 11.1. The van der Waals surface area contributed by atoms with E-state index in [1.807, 2.05) is 38.1 Å². The van der Waals surface area contributed by atoms with Crippen LogP contribution in [0.3, 0.4) is 0 Å². The average molecular weight is 247 g/mol. The second kappa shape index (κ2) is 6.97. The van der Waals surface area contributed by atoms with Crippen molar-refractivity contribution in [3.8, 4) is 0 Å². The molecule has 3 heteroatoms. The Labute approximate surface area is 109 Å². The summed E-state index contributed by atoms with van der Waals surface area (Å²) in [6.45, 7) is 8.01. The fraction of sp³-hybridized carbons (Fsp3) is 0.400. The van der Waals surface area contributed by atoms with Crippen molar-refractivity contribution >= 4 is 12.0 Å². The minimum absolute atomic E-state index is 0.266. The fourth-order valence-corrected chi connectivity index (χ4v) is 1.62. The van der Waals surface area contributed by atoms with Gasteiger partial charge in [-0.1, -0.05) is 50.8 Å². The monoisotopic (exact) mass is 247 g/mol. The summed E-state index contributed by atoms with van der Waals surface area (Å²) in [5.41, 5.74) is 7.73. The van der Waals surface area contributed by atoms with Gasteiger partial charge in [-0.25, -0.2) is 0 Å². The lowest BCUT2D eigenvalue weighted by atomic mass is 10.1. The summed E-state index contributed by atoms with van der Waals surface area (Å²) in [4.78, 5) is 11.6. The summed E-state index contributed by atoms with van der Waals surface area (Å²) in [7, 11) is 0. The van der Waals surface area contributed by atoms with Crippen LogP contribution in [0.2, 0.25) is 0 Å². The van der Waals surface area contributed by atoms with Crippen LogP contribution in [0.15, 0.2) is 30.8 Å². The molecule has 0 fully saturated rings. The Bertz CT molecular complexity index is 395. The number of hydrogen-bond donors (Lipinski definition) is 1. The van der Waals surface area contributed by atoms with Gasteiger partial charge >= 0.3 is 5.97 Å². The Hall–Kier alpha value is -1.61. The van der Waals surface area contributed by atoms with Crippen molar-refractivity contribution in [1.82, 2.24) is 0 Å². The van der Waals surface area contributed by atoms with Gasteiger partial charge < -0.3 is 10.5 Å². The van der Waals surface area contributed by atoms with Gasteiger partial charge in [0.15, 0.2) is 0 Å². The van der Waals surface area contributed by atoms with E-state index in [1.54, 1.807) is 6.08 Å². The van der Waals surface area contributed by atoms with E-state index in [4.69, 9.17) is 10.5 Å². The summed E-state index contributed by atoms with van der Waals surface area (Å²) < 4.78 is 5.17. The van der Waals surface area contributed by atoms with Crippen LogP contribution in [0, 0.1) is 5.92 Å². The van der Waals surface area contributed by atoms with E-state index in [0.29, 0.717) is 12.3 Å². The van der Waals surface area contributed by atoms with Crippen molar-refractivity contribution in [2.75, 3.05) is 0 Å². The van der Waals surface area contributed by atoms with E-state index in [9.17, 15) is 4.79 Å². The molecule has 1 rings (SSSR count). The Balaban J connectivity index is 2.44. The van der Waals surface area contributed by atoms with E-state index >= 15 is 0 Å². The second-order valence-corrected chi connectivity index (χ2v) is 4.79. The highest BCUT2D eigenvalue weighted by Crippen LogP contribution is 2.09. The van der Waals surface area contributed by atoms with Gasteiger partial charge in [0.05, 0.1) is 0 Å². The maximum absolute atomic E-state index is 11.6. The van der Waals surface area contributed by atoms with Crippen molar-refractivity contribution in [2.45, 2.75) is 32.9 Å². The number of rotatable bonds is 6. The van der Waals surface area contributed by atoms with Crippen LogP contribution in [0.4, 0.5) is 0 Å². The van der Waals surface area contributed by atoms with Gasteiger partial charge in [0.2, 0.25) is 0 Å². The van der Waals surface area contributed by atoms with Crippen molar-refractivity contribution in [3.63, 3.8) is 0 Å². The third-order valence-corrected chi connectivity index (χ3v) is 2.62. The molecule has 0 saturated heterocycles. The van der Waals surface area contributed by atoms with Gasteiger partial charge in [-0.05, 0) is 23.5 Å². The summed E-state index contributed by atoms with van der Waals surface area (Å²) in [5.74, 6) is 0.0518. The van der Waals surface area contributed by atoms with E-state index in [-0.39, 0.29) is 12.6 Å². The van der Waals surface area contributed by atoms with Crippen LogP contribution >= 0.6 is 0 Å². The molecule has 3 nitrogen and oxygen atoms in total. The first-order valence-corrected chi connectivity index (χ1v) is 6.16. The Morgan fingerprint density at radius 2 is 2.00 bits per heavy atom. The standard InChI is InChI=1S/C15H21NO2/c1-4-12-5-7-13(8-6-12)10-18-15(17)14(16)9-11(2)3/h4-8,11,14H,1,9-10,16H2,2-3H3/t14-/m0/s1. The summed E-state index contributed by atoms with van der Waals surface area (Å²) in [5, 5.41) is 0. The Morgan fingerprint density at radius 1 is 1.39 bits per heavy atom. The highest BCUT2D eigenvalue weighted by molar-refractivity contribution is 5.75. The molecule has 0 radical (unpaired) electrons. The SMILES string of the molecule is C=Cc1ccc(COC(=O)[C@@H](N)CC(C)C)cc1. The van der Waals surface area contributed by atoms with Crippen LogP contribution < -0.4 is 5.73 Å². The molecule has 18 heavy (non-hydrogen) atoms. The Kier molecular flexibility index (Phi) is 5.59. The van der Waals surface area contributed by atoms with Gasteiger partial charge in [-0.2, -0.15) is 0 Å². The molecule has 0 heterocycles. The maximum atomic E-state index is 11.6. The lowest BCUT2D eigenvalue weighted by Crippen LogP contribution is -2.33. The first-order valence-electron chi connectivity index (χ1n) is 6.16. The maximum Gasteiger partial charge on any atom is 0.323 e. The lowest BCUT2D eigenvalue weighted by Gasteiger charge is -2.13. The number of esters is 1. The number of carbonyl (C=O) groups is 1. The lowest BCUT2D eigenvalue weighted by molar-refractivity contribution is -0.146. The van der Waals surface area contributed by atoms with Crippen LogP contribution in [0.5, 0.6) is 0 Å². The molecule has 0 aliphatic rings. The molecule has 0 aliphatic heterocycles. The topological polar surface area (TPSA) is 52.3 Å². The van der Waals surface area contributed by atoms with Gasteiger partial charge in [0, 0.05) is 0 Å². The molecule has 0 amide bonds. The highest BCUT2D eigenvalue weighted by atomic mass is 16.5. The molecular formula is C15H21NO2. The number of ether oxygens (including phenoxy) is 1. The molecule has 1 aromatic rings. The van der Waals surface area contributed by atoms with E-state index in [2.05, 4.69) is 6.58 Å². The number of hydrogen-bond acceptors (Lipinski definition) is 3. The fourth-order valence-electron chi connectivity index (χ4n) is 1.62. The molecule has 0 spiro atoms. The molecule has 0 aromatic heterocycles. The molecule has 0 saturated carbocycles. The van der Waals surface area contributed by atoms with Crippen molar-refractivity contribution < 1.29 is 9.53 Å². The number of carbonyl (C=O) groups excluding carboxylic acids is 1. The Morgan fingerprint density at radius 3 is 2.50 bits per heavy atom. The van der Waals surface area contributed by atoms with Crippen LogP contribution in [-0.2, 0) is 16.1 Å². The van der Waals surface area contributed by atoms with Gasteiger partial charge in [-0.15, -0.1) is 0 Å². The smallest absolute Gasteiger partial charge is 0.323 e. The van der Waals surface area contributed by atoms with Gasteiger partial charge in [0.25, 0.3) is 0 Å². The normalized spacial score (nSPS) is 12.2. The largest absolute Gasteiger partial charge is 0.460 e. The summed E-state index contributed by atoms with van der Waals surface area (Å²) in [6.07, 6.45) is 2.42. The molecular weight excluding hydrogens is 226 g/mol. The zero-order valence-electron chi connectivity index (χ0n) is 11.1. The first-order chi connectivity index (χ1) is 8.52. The second-order valence-electron chi connectivity index (χ2n) is 4.79. The first kappa shape index (κ1) is 14.5. The van der Waals surface area contributed by atoms with Crippen LogP contribution in [-0.4, -0.2) is 12.0 Å². The summed E-state index contributed by atoms with van der Waals surface area (Å²) >= 11 is 0. The number of nitrogens with two attached hydrogens (primary N) is 1. The predicted octanol–water partition coefficient (Wildman–Crippen LogP) is 2.75. The number of benzene rings is 1. The molecule has 2 N–H and O–H groups in total. The van der Waals surface area contributed by atoms with Crippen molar-refractivity contribution in [3.05, 3.63) is 42.0 Å². The van der Waals surface area contributed by atoms with Crippen LogP contribution in [0.25, 0.3) is 6.08 Å². The van der Waals surface area contributed by atoms with Gasteiger partial charge in [-0.3, -0.25) is 4.79 Å². The molecule has 1 atom stereocenters.